The van der Waals surface area contributed by atoms with E-state index in [0.717, 1.165) is 19.3 Å². The van der Waals surface area contributed by atoms with Crippen molar-refractivity contribution in [3.05, 3.63) is 35.4 Å². The molecule has 1 aliphatic carbocycles. The van der Waals surface area contributed by atoms with Crippen LogP contribution in [0, 0.1) is 5.92 Å². The van der Waals surface area contributed by atoms with Crippen LogP contribution in [0.1, 0.15) is 71.8 Å². The number of phenolic OH excluding ortho intramolecular Hbond substituents is 1. The Hall–Kier alpha value is -4.20. The van der Waals surface area contributed by atoms with Crippen molar-refractivity contribution in [3.8, 4) is 17.1 Å². The third kappa shape index (κ3) is 7.21. The number of amides is 3. The van der Waals surface area contributed by atoms with E-state index in [9.17, 15) is 29.4 Å². The SMILES string of the molecule is CC(C)(C)OC(=O)N[C@@H]1CCCCC/C=C\[C@@H]2C[C@]2(C(=O)O)NC(=O)[C@@H]2C[C@H](n3nnc(-c4ccc(O)c(Cl)c4)n3)CN2C1=O. The lowest BCUT2D eigenvalue weighted by Crippen LogP contribution is -2.56. The summed E-state index contributed by atoms with van der Waals surface area (Å²) in [6.45, 7) is 5.18. The second kappa shape index (κ2) is 12.7. The summed E-state index contributed by atoms with van der Waals surface area (Å²) in [7, 11) is 0. The predicted octanol–water partition coefficient (Wildman–Crippen LogP) is 3.21. The normalized spacial score (nSPS) is 28.1. The lowest BCUT2D eigenvalue weighted by atomic mass is 10.0. The van der Waals surface area contributed by atoms with Crippen LogP contribution >= 0.6 is 11.6 Å². The summed E-state index contributed by atoms with van der Waals surface area (Å²) in [6, 6.07) is 1.85. The van der Waals surface area contributed by atoms with E-state index in [-0.39, 0.29) is 41.9 Å². The second-order valence-electron chi connectivity index (χ2n) is 12.8. The number of benzene rings is 1. The molecule has 5 rings (SSSR count). The van der Waals surface area contributed by atoms with Crippen LogP contribution in [0.4, 0.5) is 4.79 Å². The van der Waals surface area contributed by atoms with E-state index in [2.05, 4.69) is 26.0 Å². The number of fused-ring (bicyclic) bond motifs is 2. The van der Waals surface area contributed by atoms with Gasteiger partial charge in [-0.25, -0.2) is 9.59 Å². The van der Waals surface area contributed by atoms with E-state index in [0.29, 0.717) is 18.4 Å². The number of carbonyl (C=O) groups is 4. The number of aromatic nitrogens is 4. The van der Waals surface area contributed by atoms with E-state index in [1.165, 1.54) is 21.8 Å². The highest BCUT2D eigenvalue weighted by molar-refractivity contribution is 6.32. The van der Waals surface area contributed by atoms with Gasteiger partial charge in [-0.1, -0.05) is 36.6 Å². The van der Waals surface area contributed by atoms with Gasteiger partial charge in [0.25, 0.3) is 0 Å². The minimum absolute atomic E-state index is 0.0129. The van der Waals surface area contributed by atoms with Gasteiger partial charge in [-0.3, -0.25) is 9.59 Å². The molecule has 242 valence electrons. The van der Waals surface area contributed by atoms with Crippen LogP contribution in [0.2, 0.25) is 5.02 Å². The van der Waals surface area contributed by atoms with Crippen LogP contribution in [-0.2, 0) is 19.1 Å². The van der Waals surface area contributed by atoms with E-state index in [1.807, 2.05) is 12.2 Å². The topological polar surface area (TPSA) is 189 Å². The zero-order valence-electron chi connectivity index (χ0n) is 25.4. The first-order chi connectivity index (χ1) is 21.3. The first-order valence-electron chi connectivity index (χ1n) is 15.1. The van der Waals surface area contributed by atoms with Crippen molar-refractivity contribution in [1.29, 1.82) is 0 Å². The zero-order chi connectivity index (χ0) is 32.5. The molecule has 5 atom stereocenters. The zero-order valence-corrected chi connectivity index (χ0v) is 26.2. The molecule has 4 N–H and O–H groups in total. The molecular weight excluding hydrogens is 606 g/mol. The number of allylic oxidation sites excluding steroid dienone is 1. The van der Waals surface area contributed by atoms with Crippen LogP contribution in [0.25, 0.3) is 11.4 Å². The van der Waals surface area contributed by atoms with Gasteiger partial charge in [-0.2, -0.15) is 4.80 Å². The fourth-order valence-electron chi connectivity index (χ4n) is 5.84. The summed E-state index contributed by atoms with van der Waals surface area (Å²) < 4.78 is 5.43. The summed E-state index contributed by atoms with van der Waals surface area (Å²) in [4.78, 5) is 55.7. The summed E-state index contributed by atoms with van der Waals surface area (Å²) in [6.07, 6.45) is 6.68. The molecule has 0 radical (unpaired) electrons. The fraction of sp³-hybridized carbons (Fsp3) is 0.567. The molecule has 2 aromatic rings. The number of nitrogens with zero attached hydrogens (tertiary/aromatic N) is 5. The molecular formula is C30H38ClN7O7. The van der Waals surface area contributed by atoms with Crippen LogP contribution in [0.5, 0.6) is 5.75 Å². The molecule has 1 aromatic carbocycles. The first-order valence-corrected chi connectivity index (χ1v) is 15.5. The molecule has 1 saturated heterocycles. The molecule has 0 unspecified atom stereocenters. The first kappa shape index (κ1) is 32.2. The van der Waals surface area contributed by atoms with Crippen LogP contribution in [0.15, 0.2) is 30.4 Å². The Morgan fingerprint density at radius 3 is 2.69 bits per heavy atom. The highest BCUT2D eigenvalue weighted by atomic mass is 35.5. The summed E-state index contributed by atoms with van der Waals surface area (Å²) in [5.74, 6) is -2.47. The van der Waals surface area contributed by atoms with E-state index in [4.69, 9.17) is 16.3 Å². The van der Waals surface area contributed by atoms with Gasteiger partial charge in [0.1, 0.15) is 29.0 Å². The number of hydrogen-bond acceptors (Lipinski definition) is 9. The van der Waals surface area contributed by atoms with Gasteiger partial charge in [0, 0.05) is 24.4 Å². The Bertz CT molecular complexity index is 1510. The maximum Gasteiger partial charge on any atom is 0.408 e. The molecule has 1 saturated carbocycles. The lowest BCUT2D eigenvalue weighted by Gasteiger charge is -2.30. The van der Waals surface area contributed by atoms with Gasteiger partial charge < -0.3 is 30.5 Å². The van der Waals surface area contributed by atoms with Gasteiger partial charge in [0.05, 0.1) is 11.1 Å². The highest BCUT2D eigenvalue weighted by Crippen LogP contribution is 2.45. The van der Waals surface area contributed by atoms with Gasteiger partial charge in [-0.15, -0.1) is 10.2 Å². The second-order valence-corrected chi connectivity index (χ2v) is 13.2. The number of hydrogen-bond donors (Lipinski definition) is 4. The molecule has 45 heavy (non-hydrogen) atoms. The summed E-state index contributed by atoms with van der Waals surface area (Å²) in [5, 5.41) is 38.1. The van der Waals surface area contributed by atoms with E-state index in [1.54, 1.807) is 26.8 Å². The fourth-order valence-corrected chi connectivity index (χ4v) is 6.02. The number of aliphatic carboxylic acids is 1. The Morgan fingerprint density at radius 1 is 1.20 bits per heavy atom. The van der Waals surface area contributed by atoms with E-state index < -0.39 is 53.1 Å². The number of carbonyl (C=O) groups excluding carboxylic acids is 3. The minimum Gasteiger partial charge on any atom is -0.506 e. The monoisotopic (exact) mass is 643 g/mol. The molecule has 0 bridgehead atoms. The molecule has 3 amide bonds. The van der Waals surface area contributed by atoms with Crippen molar-refractivity contribution in [2.75, 3.05) is 6.54 Å². The maximum atomic E-state index is 14.1. The standard InChI is InChI=1S/C30H38ClN7O7/c1-29(2,3)45-28(44)32-21-10-8-6-4-5-7-9-18-15-30(18,27(42)43)33-25(40)22-14-19(16-37(22)26(21)41)38-35-24(34-36-38)17-11-12-23(39)20(31)13-17/h7,9,11-13,18-19,21-22,39H,4-6,8,10,14-16H2,1-3H3,(H,32,44)(H,33,40)(H,42,43)/b9-7-/t18-,19+,21-,22+,30+/m1/s1. The lowest BCUT2D eigenvalue weighted by molar-refractivity contribution is -0.145. The van der Waals surface area contributed by atoms with Gasteiger partial charge in [0.2, 0.25) is 17.6 Å². The number of rotatable bonds is 4. The largest absolute Gasteiger partial charge is 0.506 e. The Kier molecular flexibility index (Phi) is 9.06. The number of ether oxygens (including phenoxy) is 1. The Labute approximate surface area is 265 Å². The Balaban J connectivity index is 1.45. The van der Waals surface area contributed by atoms with Crippen LogP contribution < -0.4 is 10.6 Å². The number of aromatic hydroxyl groups is 1. The molecule has 2 aliphatic heterocycles. The molecule has 3 heterocycles. The maximum absolute atomic E-state index is 14.1. The molecule has 15 heteroatoms. The molecule has 0 spiro atoms. The molecule has 2 fully saturated rings. The van der Waals surface area contributed by atoms with Crippen LogP contribution in [0.3, 0.4) is 0 Å². The van der Waals surface area contributed by atoms with Crippen molar-refractivity contribution in [3.63, 3.8) is 0 Å². The number of alkyl carbamates (subject to hydrolysis) is 1. The third-order valence-electron chi connectivity index (χ3n) is 8.29. The number of carboxylic acids is 1. The average molecular weight is 644 g/mol. The van der Waals surface area contributed by atoms with Crippen molar-refractivity contribution in [1.82, 2.24) is 35.7 Å². The van der Waals surface area contributed by atoms with Crippen molar-refractivity contribution in [2.24, 2.45) is 5.92 Å². The Morgan fingerprint density at radius 2 is 1.98 bits per heavy atom. The minimum atomic E-state index is -1.45. The number of nitrogens with one attached hydrogen (secondary N) is 2. The van der Waals surface area contributed by atoms with E-state index >= 15 is 0 Å². The van der Waals surface area contributed by atoms with Crippen LogP contribution in [-0.4, -0.2) is 89.0 Å². The predicted molar refractivity (Wildman–Crippen MR) is 161 cm³/mol. The average Bonchev–Trinajstić information content (AvgIpc) is 3.28. The molecule has 3 aliphatic rings. The van der Waals surface area contributed by atoms with Crippen molar-refractivity contribution in [2.45, 2.75) is 95.0 Å². The number of phenols is 1. The smallest absolute Gasteiger partial charge is 0.408 e. The van der Waals surface area contributed by atoms with Gasteiger partial charge >= 0.3 is 12.1 Å². The van der Waals surface area contributed by atoms with Crippen molar-refractivity contribution >= 4 is 35.5 Å². The summed E-state index contributed by atoms with van der Waals surface area (Å²) >= 11 is 6.05. The molecule has 1 aromatic heterocycles. The number of halogens is 1. The van der Waals surface area contributed by atoms with Crippen molar-refractivity contribution < 1.29 is 34.1 Å². The number of tetrazole rings is 1. The third-order valence-corrected chi connectivity index (χ3v) is 8.59. The van der Waals surface area contributed by atoms with Gasteiger partial charge in [-0.05, 0) is 69.9 Å². The quantitative estimate of drug-likeness (QED) is 0.360. The van der Waals surface area contributed by atoms with Gasteiger partial charge in [0.15, 0.2) is 0 Å². The highest BCUT2D eigenvalue weighted by Gasteiger charge is 2.61. The summed E-state index contributed by atoms with van der Waals surface area (Å²) in [5.41, 5.74) is -1.74. The number of carboxylic acid groups (broad SMARTS) is 1. The molecule has 14 nitrogen and oxygen atoms in total.